The normalized spacial score (nSPS) is 19.1. The largest absolute Gasteiger partial charge is 0.493 e. The Hall–Kier alpha value is -1.07. The summed E-state index contributed by atoms with van der Waals surface area (Å²) in [5.41, 5.74) is 1.26. The smallest absolute Gasteiger partial charge is 0.178 e. The Balaban J connectivity index is 2.24. The van der Waals surface area contributed by atoms with Gasteiger partial charge in [0.1, 0.15) is 5.75 Å². The minimum Gasteiger partial charge on any atom is -0.493 e. The fourth-order valence-corrected chi connectivity index (χ4v) is 5.53. The average molecular weight is 397 g/mol. The minimum atomic E-state index is -3.32. The SMILES string of the molecule is CCCCCCCCOc1cc2c(cc1C(C)O)C(C)(C)CCCS2(=O)=O. The summed E-state index contributed by atoms with van der Waals surface area (Å²) >= 11 is 0. The van der Waals surface area contributed by atoms with Crippen LogP contribution in [0.5, 0.6) is 5.75 Å². The maximum Gasteiger partial charge on any atom is 0.178 e. The van der Waals surface area contributed by atoms with Crippen molar-refractivity contribution in [2.75, 3.05) is 12.4 Å². The van der Waals surface area contributed by atoms with Crippen molar-refractivity contribution in [1.82, 2.24) is 0 Å². The van der Waals surface area contributed by atoms with Crippen molar-refractivity contribution in [1.29, 1.82) is 0 Å². The molecule has 4 nitrogen and oxygen atoms in total. The van der Waals surface area contributed by atoms with Crippen molar-refractivity contribution in [3.63, 3.8) is 0 Å². The fourth-order valence-electron chi connectivity index (χ4n) is 3.83. The van der Waals surface area contributed by atoms with Gasteiger partial charge in [-0.1, -0.05) is 52.9 Å². The molecular formula is C22H36O4S. The zero-order valence-corrected chi connectivity index (χ0v) is 18.2. The van der Waals surface area contributed by atoms with Crippen molar-refractivity contribution in [3.05, 3.63) is 23.3 Å². The van der Waals surface area contributed by atoms with Crippen LogP contribution in [0.15, 0.2) is 17.0 Å². The van der Waals surface area contributed by atoms with Crippen LogP contribution >= 0.6 is 0 Å². The Morgan fingerprint density at radius 2 is 1.81 bits per heavy atom. The first-order valence-corrected chi connectivity index (χ1v) is 12.1. The lowest BCUT2D eigenvalue weighted by Crippen LogP contribution is -2.19. The molecule has 0 amide bonds. The lowest BCUT2D eigenvalue weighted by Gasteiger charge is -2.27. The van der Waals surface area contributed by atoms with Gasteiger partial charge in [0.05, 0.1) is 23.4 Å². The number of sulfone groups is 1. The quantitative estimate of drug-likeness (QED) is 0.573. The van der Waals surface area contributed by atoms with Gasteiger partial charge in [-0.3, -0.25) is 0 Å². The second-order valence-corrected chi connectivity index (χ2v) is 10.6. The van der Waals surface area contributed by atoms with E-state index in [4.69, 9.17) is 4.74 Å². The van der Waals surface area contributed by atoms with Gasteiger partial charge in [0, 0.05) is 5.56 Å². The van der Waals surface area contributed by atoms with E-state index in [-0.39, 0.29) is 11.2 Å². The van der Waals surface area contributed by atoms with Crippen LogP contribution < -0.4 is 4.74 Å². The zero-order valence-electron chi connectivity index (χ0n) is 17.4. The number of unbranched alkanes of at least 4 members (excludes halogenated alkanes) is 5. The highest BCUT2D eigenvalue weighted by Gasteiger charge is 2.34. The van der Waals surface area contributed by atoms with Gasteiger partial charge < -0.3 is 9.84 Å². The highest BCUT2D eigenvalue weighted by Crippen LogP contribution is 2.41. The molecular weight excluding hydrogens is 360 g/mol. The molecule has 1 heterocycles. The third-order valence-electron chi connectivity index (χ3n) is 5.60. The van der Waals surface area contributed by atoms with Gasteiger partial charge >= 0.3 is 0 Å². The molecule has 1 aromatic carbocycles. The number of hydrogen-bond acceptors (Lipinski definition) is 4. The first kappa shape index (κ1) is 22.2. The van der Waals surface area contributed by atoms with Crippen LogP contribution in [-0.2, 0) is 15.3 Å². The van der Waals surface area contributed by atoms with Gasteiger partial charge in [-0.2, -0.15) is 0 Å². The van der Waals surface area contributed by atoms with E-state index in [0.717, 1.165) is 24.8 Å². The number of ether oxygens (including phenoxy) is 1. The molecule has 0 bridgehead atoms. The number of aliphatic hydroxyl groups excluding tert-OH is 1. The fraction of sp³-hybridized carbons (Fsp3) is 0.727. The maximum atomic E-state index is 12.8. The number of fused-ring (bicyclic) bond motifs is 1. The van der Waals surface area contributed by atoms with E-state index in [1.54, 1.807) is 13.0 Å². The number of aliphatic hydroxyl groups is 1. The molecule has 5 heteroatoms. The van der Waals surface area contributed by atoms with Crippen LogP contribution in [0.2, 0.25) is 0 Å². The van der Waals surface area contributed by atoms with Crippen LogP contribution in [-0.4, -0.2) is 25.9 Å². The number of benzene rings is 1. The molecule has 2 rings (SSSR count). The Bertz CT molecular complexity index is 720. The molecule has 1 aromatic rings. The predicted molar refractivity (Wildman–Crippen MR) is 110 cm³/mol. The average Bonchev–Trinajstić information content (AvgIpc) is 2.67. The van der Waals surface area contributed by atoms with Crippen molar-refractivity contribution < 1.29 is 18.3 Å². The molecule has 0 aliphatic carbocycles. The van der Waals surface area contributed by atoms with Gasteiger partial charge in [-0.25, -0.2) is 8.42 Å². The van der Waals surface area contributed by atoms with Crippen molar-refractivity contribution in [3.8, 4) is 5.75 Å². The molecule has 0 saturated heterocycles. The van der Waals surface area contributed by atoms with E-state index in [1.807, 2.05) is 6.07 Å². The highest BCUT2D eigenvalue weighted by atomic mass is 32.2. The molecule has 0 radical (unpaired) electrons. The topological polar surface area (TPSA) is 63.6 Å². The number of hydrogen-bond donors (Lipinski definition) is 1. The Labute approximate surface area is 165 Å². The molecule has 1 aliphatic rings. The van der Waals surface area contributed by atoms with Gasteiger partial charge in [0.2, 0.25) is 0 Å². The van der Waals surface area contributed by atoms with Crippen LogP contribution in [0.1, 0.15) is 96.3 Å². The first-order valence-electron chi connectivity index (χ1n) is 10.4. The maximum absolute atomic E-state index is 12.8. The Kier molecular flexibility index (Phi) is 7.75. The molecule has 0 aromatic heterocycles. The first-order chi connectivity index (χ1) is 12.7. The van der Waals surface area contributed by atoms with Crippen LogP contribution in [0.3, 0.4) is 0 Å². The van der Waals surface area contributed by atoms with Gasteiger partial charge in [-0.05, 0) is 49.3 Å². The van der Waals surface area contributed by atoms with Crippen molar-refractivity contribution in [2.45, 2.75) is 95.5 Å². The molecule has 1 atom stereocenters. The predicted octanol–water partition coefficient (Wildman–Crippen LogP) is 5.32. The van der Waals surface area contributed by atoms with Crippen LogP contribution in [0.4, 0.5) is 0 Å². The Morgan fingerprint density at radius 1 is 1.15 bits per heavy atom. The van der Waals surface area contributed by atoms with Crippen molar-refractivity contribution >= 4 is 9.84 Å². The third kappa shape index (κ3) is 5.71. The molecule has 1 N–H and O–H groups in total. The third-order valence-corrected chi connectivity index (χ3v) is 7.43. The van der Waals surface area contributed by atoms with E-state index in [2.05, 4.69) is 20.8 Å². The summed E-state index contributed by atoms with van der Waals surface area (Å²) in [6.07, 6.45) is 7.78. The van der Waals surface area contributed by atoms with E-state index in [9.17, 15) is 13.5 Å². The summed E-state index contributed by atoms with van der Waals surface area (Å²) in [6.45, 7) is 8.62. The second-order valence-electron chi connectivity index (χ2n) is 8.48. The van der Waals surface area contributed by atoms with Crippen LogP contribution in [0, 0.1) is 0 Å². The van der Waals surface area contributed by atoms with Gasteiger partial charge in [0.25, 0.3) is 0 Å². The zero-order chi connectivity index (χ0) is 20.1. The summed E-state index contributed by atoms with van der Waals surface area (Å²) < 4.78 is 31.5. The van der Waals surface area contributed by atoms with E-state index < -0.39 is 15.9 Å². The monoisotopic (exact) mass is 396 g/mol. The van der Waals surface area contributed by atoms with E-state index in [1.165, 1.54) is 25.7 Å². The lowest BCUT2D eigenvalue weighted by molar-refractivity contribution is 0.190. The molecule has 1 aliphatic heterocycles. The van der Waals surface area contributed by atoms with E-state index in [0.29, 0.717) is 29.2 Å². The molecule has 27 heavy (non-hydrogen) atoms. The molecule has 1 unspecified atom stereocenters. The summed E-state index contributed by atoms with van der Waals surface area (Å²) in [5, 5.41) is 10.2. The summed E-state index contributed by atoms with van der Waals surface area (Å²) in [7, 11) is -3.32. The lowest BCUT2D eigenvalue weighted by atomic mass is 9.80. The number of rotatable bonds is 9. The second kappa shape index (κ2) is 9.42. The molecule has 0 saturated carbocycles. The van der Waals surface area contributed by atoms with E-state index >= 15 is 0 Å². The van der Waals surface area contributed by atoms with Gasteiger partial charge in [-0.15, -0.1) is 0 Å². The van der Waals surface area contributed by atoms with Crippen LogP contribution in [0.25, 0.3) is 0 Å². The van der Waals surface area contributed by atoms with Crippen molar-refractivity contribution in [2.24, 2.45) is 0 Å². The summed E-state index contributed by atoms with van der Waals surface area (Å²) in [4.78, 5) is 0.382. The summed E-state index contributed by atoms with van der Waals surface area (Å²) in [6, 6.07) is 3.52. The molecule has 154 valence electrons. The van der Waals surface area contributed by atoms with Gasteiger partial charge in [0.15, 0.2) is 9.84 Å². The highest BCUT2D eigenvalue weighted by molar-refractivity contribution is 7.91. The minimum absolute atomic E-state index is 0.175. The molecule has 0 fully saturated rings. The standard InChI is InChI=1S/C22H36O4S/c1-5-6-7-8-9-10-13-26-20-16-21-19(15-18(20)17(2)23)22(3,4)12-11-14-27(21,24)25/h15-17,23H,5-14H2,1-4H3. The Morgan fingerprint density at radius 3 is 2.48 bits per heavy atom. The summed E-state index contributed by atoms with van der Waals surface area (Å²) in [5.74, 6) is 0.688. The molecule has 0 spiro atoms.